The molecule has 1 aromatic heterocycles. The van der Waals surface area contributed by atoms with E-state index in [1.165, 1.54) is 12.1 Å². The molecule has 0 atom stereocenters. The molecular weight excluding hydrogens is 269 g/mol. The zero-order chi connectivity index (χ0) is 14.8. The molecular formula is C16H12FN3O. The summed E-state index contributed by atoms with van der Waals surface area (Å²) in [5.41, 5.74) is 6.04. The van der Waals surface area contributed by atoms with E-state index in [0.717, 1.165) is 5.39 Å². The van der Waals surface area contributed by atoms with Gasteiger partial charge in [0.15, 0.2) is 5.75 Å². The van der Waals surface area contributed by atoms with Gasteiger partial charge in [-0.05, 0) is 24.3 Å². The van der Waals surface area contributed by atoms with E-state index in [0.29, 0.717) is 11.3 Å². The van der Waals surface area contributed by atoms with Gasteiger partial charge in [0.25, 0.3) is 0 Å². The Morgan fingerprint density at radius 2 is 1.76 bits per heavy atom. The molecule has 2 aromatic carbocycles. The molecule has 0 aliphatic carbocycles. The van der Waals surface area contributed by atoms with Crippen LogP contribution < -0.4 is 10.5 Å². The fourth-order valence-electron chi connectivity index (χ4n) is 2.13. The molecule has 0 amide bonds. The van der Waals surface area contributed by atoms with Crippen LogP contribution in [0.4, 0.5) is 4.39 Å². The van der Waals surface area contributed by atoms with Crippen LogP contribution in [0.2, 0.25) is 0 Å². The first-order chi connectivity index (χ1) is 10.2. The van der Waals surface area contributed by atoms with Crippen molar-refractivity contribution in [2.45, 2.75) is 0 Å². The monoisotopic (exact) mass is 281 g/mol. The Morgan fingerprint density at radius 3 is 2.57 bits per heavy atom. The summed E-state index contributed by atoms with van der Waals surface area (Å²) in [5, 5.41) is 8.40. The number of nitrogens with two attached hydrogens (primary N) is 1. The lowest BCUT2D eigenvalue weighted by Gasteiger charge is -2.12. The molecule has 0 fully saturated rings. The molecule has 3 rings (SSSR count). The van der Waals surface area contributed by atoms with Crippen molar-refractivity contribution >= 4 is 16.7 Å². The second-order valence-electron chi connectivity index (χ2n) is 4.46. The molecule has 0 radical (unpaired) electrons. The second-order valence-corrected chi connectivity index (χ2v) is 4.46. The number of rotatable bonds is 3. The minimum Gasteiger partial charge on any atom is -0.454 e. The summed E-state index contributed by atoms with van der Waals surface area (Å²) in [6, 6.07) is 13.5. The van der Waals surface area contributed by atoms with Crippen LogP contribution in [0.15, 0.2) is 54.7 Å². The fraction of sp³-hybridized carbons (Fsp3) is 0. The standard InChI is InChI=1S/C16H12FN3O/c17-11-6-2-7-12(14(11)16(18)19)21-13-8-1-4-10-5-3-9-20-15(10)13/h1-9H,(H3,18,19). The highest BCUT2D eigenvalue weighted by Gasteiger charge is 2.14. The molecule has 1 heterocycles. The van der Waals surface area contributed by atoms with Gasteiger partial charge in [0.1, 0.15) is 22.9 Å². The highest BCUT2D eigenvalue weighted by atomic mass is 19.1. The van der Waals surface area contributed by atoms with Gasteiger partial charge < -0.3 is 10.5 Å². The first-order valence-electron chi connectivity index (χ1n) is 6.31. The molecule has 0 spiro atoms. The molecule has 0 unspecified atom stereocenters. The number of nitrogen functional groups attached to an aromatic ring is 1. The van der Waals surface area contributed by atoms with E-state index >= 15 is 0 Å². The van der Waals surface area contributed by atoms with E-state index in [4.69, 9.17) is 15.9 Å². The highest BCUT2D eigenvalue weighted by molar-refractivity contribution is 5.98. The maximum Gasteiger partial charge on any atom is 0.153 e. The SMILES string of the molecule is N=C(N)c1c(F)cccc1Oc1cccc2cccnc12. The van der Waals surface area contributed by atoms with Crippen LogP contribution in [0.3, 0.4) is 0 Å². The topological polar surface area (TPSA) is 72.0 Å². The molecule has 3 N–H and O–H groups in total. The van der Waals surface area contributed by atoms with Crippen LogP contribution in [-0.2, 0) is 0 Å². The third kappa shape index (κ3) is 2.41. The van der Waals surface area contributed by atoms with E-state index in [1.54, 1.807) is 18.3 Å². The molecule has 3 aromatic rings. The Hall–Kier alpha value is -2.95. The van der Waals surface area contributed by atoms with Gasteiger partial charge in [0, 0.05) is 11.6 Å². The number of para-hydroxylation sites is 1. The molecule has 0 aliphatic rings. The van der Waals surface area contributed by atoms with Gasteiger partial charge in [-0.3, -0.25) is 10.4 Å². The fourth-order valence-corrected chi connectivity index (χ4v) is 2.13. The Kier molecular flexibility index (Phi) is 3.23. The minimum atomic E-state index is -0.590. The number of pyridine rings is 1. The molecule has 104 valence electrons. The summed E-state index contributed by atoms with van der Waals surface area (Å²) in [4.78, 5) is 4.27. The average molecular weight is 281 g/mol. The van der Waals surface area contributed by atoms with Crippen LogP contribution in [0.1, 0.15) is 5.56 Å². The molecule has 4 nitrogen and oxygen atoms in total. The third-order valence-electron chi connectivity index (χ3n) is 3.06. The lowest BCUT2D eigenvalue weighted by Crippen LogP contribution is -2.14. The average Bonchev–Trinajstić information content (AvgIpc) is 2.47. The number of benzene rings is 2. The lowest BCUT2D eigenvalue weighted by molar-refractivity contribution is 0.479. The molecule has 0 aliphatic heterocycles. The number of ether oxygens (including phenoxy) is 1. The van der Waals surface area contributed by atoms with Crippen molar-refractivity contribution < 1.29 is 9.13 Å². The van der Waals surface area contributed by atoms with Crippen molar-refractivity contribution in [1.29, 1.82) is 5.41 Å². The Morgan fingerprint density at radius 1 is 1.05 bits per heavy atom. The van der Waals surface area contributed by atoms with E-state index < -0.39 is 5.82 Å². The van der Waals surface area contributed by atoms with E-state index in [-0.39, 0.29) is 17.1 Å². The number of amidine groups is 1. The largest absolute Gasteiger partial charge is 0.454 e. The van der Waals surface area contributed by atoms with Crippen molar-refractivity contribution in [2.75, 3.05) is 0 Å². The predicted octanol–water partition coefficient (Wildman–Crippen LogP) is 3.45. The number of hydrogen-bond donors (Lipinski definition) is 2. The number of halogens is 1. The summed E-state index contributed by atoms with van der Waals surface area (Å²) in [6.45, 7) is 0. The maximum atomic E-state index is 13.8. The van der Waals surface area contributed by atoms with Crippen molar-refractivity contribution in [3.63, 3.8) is 0 Å². The zero-order valence-electron chi connectivity index (χ0n) is 11.0. The first-order valence-corrected chi connectivity index (χ1v) is 6.31. The second kappa shape index (κ2) is 5.20. The molecule has 0 saturated heterocycles. The molecule has 0 saturated carbocycles. The van der Waals surface area contributed by atoms with Gasteiger partial charge in [0.2, 0.25) is 0 Å². The normalized spacial score (nSPS) is 10.5. The quantitative estimate of drug-likeness (QED) is 0.570. The Labute approximate surface area is 120 Å². The molecule has 21 heavy (non-hydrogen) atoms. The van der Waals surface area contributed by atoms with Crippen LogP contribution in [0, 0.1) is 11.2 Å². The van der Waals surface area contributed by atoms with E-state index in [9.17, 15) is 4.39 Å². The lowest BCUT2D eigenvalue weighted by atomic mass is 10.1. The highest BCUT2D eigenvalue weighted by Crippen LogP contribution is 2.31. The van der Waals surface area contributed by atoms with E-state index in [2.05, 4.69) is 4.98 Å². The first kappa shape index (κ1) is 13.1. The van der Waals surface area contributed by atoms with Gasteiger partial charge in [-0.1, -0.05) is 24.3 Å². The molecule has 5 heteroatoms. The summed E-state index contributed by atoms with van der Waals surface area (Å²) in [5.74, 6) is -0.286. The van der Waals surface area contributed by atoms with Crippen molar-refractivity contribution in [3.8, 4) is 11.5 Å². The van der Waals surface area contributed by atoms with Crippen LogP contribution in [0.5, 0.6) is 11.5 Å². The number of fused-ring (bicyclic) bond motifs is 1. The smallest absolute Gasteiger partial charge is 0.153 e. The number of hydrogen-bond acceptors (Lipinski definition) is 3. The summed E-state index contributed by atoms with van der Waals surface area (Å²) in [7, 11) is 0. The third-order valence-corrected chi connectivity index (χ3v) is 3.06. The van der Waals surface area contributed by atoms with Crippen molar-refractivity contribution in [3.05, 3.63) is 66.1 Å². The van der Waals surface area contributed by atoms with Gasteiger partial charge in [-0.15, -0.1) is 0 Å². The van der Waals surface area contributed by atoms with Crippen molar-refractivity contribution in [1.82, 2.24) is 4.98 Å². The summed E-state index contributed by atoms with van der Waals surface area (Å²) in [6.07, 6.45) is 1.66. The summed E-state index contributed by atoms with van der Waals surface area (Å²) < 4.78 is 19.5. The minimum absolute atomic E-state index is 0.0505. The van der Waals surface area contributed by atoms with Crippen LogP contribution in [-0.4, -0.2) is 10.8 Å². The summed E-state index contributed by atoms with van der Waals surface area (Å²) >= 11 is 0. The Bertz CT molecular complexity index is 827. The van der Waals surface area contributed by atoms with Crippen LogP contribution >= 0.6 is 0 Å². The van der Waals surface area contributed by atoms with Crippen molar-refractivity contribution in [2.24, 2.45) is 5.73 Å². The predicted molar refractivity (Wildman–Crippen MR) is 79.2 cm³/mol. The number of nitrogens with zero attached hydrogens (tertiary/aromatic N) is 1. The number of aromatic nitrogens is 1. The maximum absolute atomic E-state index is 13.8. The Balaban J connectivity index is 2.12. The van der Waals surface area contributed by atoms with E-state index in [1.807, 2.05) is 24.3 Å². The van der Waals surface area contributed by atoms with Gasteiger partial charge in [-0.2, -0.15) is 0 Å². The van der Waals surface area contributed by atoms with Crippen LogP contribution in [0.25, 0.3) is 10.9 Å². The zero-order valence-corrected chi connectivity index (χ0v) is 11.0. The van der Waals surface area contributed by atoms with Gasteiger partial charge >= 0.3 is 0 Å². The van der Waals surface area contributed by atoms with Gasteiger partial charge in [-0.25, -0.2) is 4.39 Å². The molecule has 0 bridgehead atoms. The van der Waals surface area contributed by atoms with Gasteiger partial charge in [0.05, 0.1) is 5.56 Å². The number of nitrogens with one attached hydrogen (secondary N) is 1.